The maximum absolute atomic E-state index is 10.2. The monoisotopic (exact) mass is 247 g/mol. The molecule has 0 aliphatic heterocycles. The molecule has 0 aliphatic carbocycles. The molecule has 0 saturated carbocycles. The minimum Gasteiger partial charge on any atom is -0.388 e. The normalized spacial score (nSPS) is 12.4. The van der Waals surface area contributed by atoms with Crippen molar-refractivity contribution in [3.05, 3.63) is 64.4 Å². The molecule has 1 aromatic carbocycles. The van der Waals surface area contributed by atoms with Crippen molar-refractivity contribution in [3.63, 3.8) is 0 Å². The Labute approximate surface area is 106 Å². The lowest BCUT2D eigenvalue weighted by molar-refractivity contribution is 0.177. The third kappa shape index (κ3) is 3.05. The van der Waals surface area contributed by atoms with E-state index in [2.05, 4.69) is 4.98 Å². The highest BCUT2D eigenvalue weighted by Crippen LogP contribution is 2.21. The Balaban J connectivity index is 2.14. The molecule has 3 heteroatoms. The molecule has 0 radical (unpaired) electrons. The van der Waals surface area contributed by atoms with E-state index in [4.69, 9.17) is 11.6 Å². The molecule has 0 aliphatic rings. The van der Waals surface area contributed by atoms with Crippen LogP contribution in [0.2, 0.25) is 5.02 Å². The highest BCUT2D eigenvalue weighted by atomic mass is 35.5. The van der Waals surface area contributed by atoms with Gasteiger partial charge in [0, 0.05) is 29.4 Å². The van der Waals surface area contributed by atoms with Gasteiger partial charge < -0.3 is 5.11 Å². The number of benzene rings is 1. The number of hydrogen-bond donors (Lipinski definition) is 1. The van der Waals surface area contributed by atoms with E-state index in [9.17, 15) is 5.11 Å². The summed E-state index contributed by atoms with van der Waals surface area (Å²) in [5, 5.41) is 10.9. The summed E-state index contributed by atoms with van der Waals surface area (Å²) in [6.07, 6.45) is 3.50. The zero-order chi connectivity index (χ0) is 12.3. The van der Waals surface area contributed by atoms with Crippen LogP contribution >= 0.6 is 11.6 Å². The molecular formula is C14H14ClNO. The molecule has 88 valence electrons. The fraction of sp³-hybridized carbons (Fsp3) is 0.214. The molecule has 0 fully saturated rings. The van der Waals surface area contributed by atoms with Gasteiger partial charge in [0.2, 0.25) is 0 Å². The summed E-state index contributed by atoms with van der Waals surface area (Å²) in [4.78, 5) is 4.04. The first-order valence-electron chi connectivity index (χ1n) is 5.50. The number of rotatable bonds is 3. The third-order valence-corrected chi connectivity index (χ3v) is 3.03. The van der Waals surface area contributed by atoms with Gasteiger partial charge in [0.05, 0.1) is 6.10 Å². The molecule has 0 bridgehead atoms. The highest BCUT2D eigenvalue weighted by Gasteiger charge is 2.11. The van der Waals surface area contributed by atoms with E-state index >= 15 is 0 Å². The fourth-order valence-electron chi connectivity index (χ4n) is 1.78. The Morgan fingerprint density at radius 2 is 1.94 bits per heavy atom. The number of hydrogen-bond acceptors (Lipinski definition) is 2. The molecule has 0 saturated heterocycles. The van der Waals surface area contributed by atoms with E-state index in [0.717, 1.165) is 16.7 Å². The zero-order valence-electron chi connectivity index (χ0n) is 9.60. The van der Waals surface area contributed by atoms with Crippen molar-refractivity contribution in [1.82, 2.24) is 4.98 Å². The maximum atomic E-state index is 10.2. The summed E-state index contributed by atoms with van der Waals surface area (Å²) in [5.41, 5.74) is 2.99. The van der Waals surface area contributed by atoms with E-state index in [0.29, 0.717) is 11.4 Å². The third-order valence-electron chi connectivity index (χ3n) is 2.78. The van der Waals surface area contributed by atoms with Gasteiger partial charge in [-0.1, -0.05) is 23.7 Å². The number of pyridine rings is 1. The van der Waals surface area contributed by atoms with E-state index in [-0.39, 0.29) is 0 Å². The average molecular weight is 248 g/mol. The average Bonchev–Trinajstić information content (AvgIpc) is 2.32. The van der Waals surface area contributed by atoms with Crippen molar-refractivity contribution in [3.8, 4) is 0 Å². The number of aliphatic hydroxyl groups is 1. The summed E-state index contributed by atoms with van der Waals surface area (Å²) in [6.45, 7) is 1.97. The number of halogens is 1. The lowest BCUT2D eigenvalue weighted by atomic mass is 10.00. The van der Waals surface area contributed by atoms with E-state index < -0.39 is 6.10 Å². The Hall–Kier alpha value is -1.38. The zero-order valence-corrected chi connectivity index (χ0v) is 10.4. The SMILES string of the molecule is Cc1ccncc1C(O)Cc1ccc(Cl)cc1. The largest absolute Gasteiger partial charge is 0.388 e. The quantitative estimate of drug-likeness (QED) is 0.903. The second-order valence-electron chi connectivity index (χ2n) is 4.08. The summed E-state index contributed by atoms with van der Waals surface area (Å²) < 4.78 is 0. The molecule has 1 unspecified atom stereocenters. The lowest BCUT2D eigenvalue weighted by Crippen LogP contribution is -2.04. The van der Waals surface area contributed by atoms with Crippen LogP contribution < -0.4 is 0 Å². The number of aromatic nitrogens is 1. The number of aryl methyl sites for hydroxylation is 1. The van der Waals surface area contributed by atoms with Crippen LogP contribution in [-0.4, -0.2) is 10.1 Å². The van der Waals surface area contributed by atoms with Crippen LogP contribution in [0.4, 0.5) is 0 Å². The molecule has 0 spiro atoms. The van der Waals surface area contributed by atoms with Crippen molar-refractivity contribution in [1.29, 1.82) is 0 Å². The second kappa shape index (κ2) is 5.30. The van der Waals surface area contributed by atoms with Crippen molar-refractivity contribution < 1.29 is 5.11 Å². The van der Waals surface area contributed by atoms with E-state index in [1.807, 2.05) is 37.3 Å². The maximum Gasteiger partial charge on any atom is 0.0847 e. The summed E-state index contributed by atoms with van der Waals surface area (Å²) >= 11 is 5.82. The molecule has 1 aromatic heterocycles. The molecule has 1 heterocycles. The van der Waals surface area contributed by atoms with Crippen LogP contribution in [-0.2, 0) is 6.42 Å². The van der Waals surface area contributed by atoms with Crippen LogP contribution in [0.25, 0.3) is 0 Å². The molecule has 2 aromatic rings. The van der Waals surface area contributed by atoms with E-state index in [1.165, 1.54) is 0 Å². The van der Waals surface area contributed by atoms with Crippen LogP contribution in [0.5, 0.6) is 0 Å². The molecule has 1 atom stereocenters. The fourth-order valence-corrected chi connectivity index (χ4v) is 1.90. The molecule has 2 nitrogen and oxygen atoms in total. The Bertz CT molecular complexity index is 496. The lowest BCUT2D eigenvalue weighted by Gasteiger charge is -2.13. The van der Waals surface area contributed by atoms with Gasteiger partial charge in [-0.3, -0.25) is 4.98 Å². The van der Waals surface area contributed by atoms with Crippen LogP contribution in [0.15, 0.2) is 42.7 Å². The van der Waals surface area contributed by atoms with Gasteiger partial charge in [-0.25, -0.2) is 0 Å². The van der Waals surface area contributed by atoms with Crippen LogP contribution in [0.1, 0.15) is 22.8 Å². The van der Waals surface area contributed by atoms with Crippen LogP contribution in [0, 0.1) is 6.92 Å². The van der Waals surface area contributed by atoms with Gasteiger partial charge in [-0.05, 0) is 36.2 Å². The first-order chi connectivity index (χ1) is 8.16. The first kappa shape index (κ1) is 12.1. The number of aliphatic hydroxyl groups excluding tert-OH is 1. The Kier molecular flexibility index (Phi) is 3.77. The molecule has 0 amide bonds. The minimum atomic E-state index is -0.523. The summed E-state index contributed by atoms with van der Waals surface area (Å²) in [7, 11) is 0. The molecule has 1 N–H and O–H groups in total. The minimum absolute atomic E-state index is 0.523. The summed E-state index contributed by atoms with van der Waals surface area (Å²) in [5.74, 6) is 0. The molecular weight excluding hydrogens is 234 g/mol. The van der Waals surface area contributed by atoms with Crippen molar-refractivity contribution in [2.45, 2.75) is 19.4 Å². The number of nitrogens with zero attached hydrogens (tertiary/aromatic N) is 1. The highest BCUT2D eigenvalue weighted by molar-refractivity contribution is 6.30. The topological polar surface area (TPSA) is 33.1 Å². The van der Waals surface area contributed by atoms with Gasteiger partial charge in [0.15, 0.2) is 0 Å². The standard InChI is InChI=1S/C14H14ClNO/c1-10-6-7-16-9-13(10)14(17)8-11-2-4-12(15)5-3-11/h2-7,9,14,17H,8H2,1H3. The van der Waals surface area contributed by atoms with Gasteiger partial charge in [0.1, 0.15) is 0 Å². The van der Waals surface area contributed by atoms with Gasteiger partial charge in [-0.2, -0.15) is 0 Å². The first-order valence-corrected chi connectivity index (χ1v) is 5.87. The van der Waals surface area contributed by atoms with Crippen molar-refractivity contribution >= 4 is 11.6 Å². The predicted molar refractivity (Wildman–Crippen MR) is 69.1 cm³/mol. The Morgan fingerprint density at radius 1 is 1.24 bits per heavy atom. The van der Waals surface area contributed by atoms with Gasteiger partial charge in [0.25, 0.3) is 0 Å². The molecule has 2 rings (SSSR count). The van der Waals surface area contributed by atoms with E-state index in [1.54, 1.807) is 12.4 Å². The smallest absolute Gasteiger partial charge is 0.0847 e. The molecule has 17 heavy (non-hydrogen) atoms. The van der Waals surface area contributed by atoms with Crippen LogP contribution in [0.3, 0.4) is 0 Å². The van der Waals surface area contributed by atoms with Gasteiger partial charge in [-0.15, -0.1) is 0 Å². The summed E-state index contributed by atoms with van der Waals surface area (Å²) in [6, 6.07) is 9.42. The van der Waals surface area contributed by atoms with Gasteiger partial charge >= 0.3 is 0 Å². The predicted octanol–water partition coefficient (Wildman–Crippen LogP) is 3.32. The Morgan fingerprint density at radius 3 is 2.59 bits per heavy atom. The second-order valence-corrected chi connectivity index (χ2v) is 4.52. The van der Waals surface area contributed by atoms with Crippen molar-refractivity contribution in [2.24, 2.45) is 0 Å². The van der Waals surface area contributed by atoms with Crippen molar-refractivity contribution in [2.75, 3.05) is 0 Å².